The van der Waals surface area contributed by atoms with Gasteiger partial charge in [-0.15, -0.1) is 0 Å². The molecular weight excluding hydrogens is 226 g/mol. The summed E-state index contributed by atoms with van der Waals surface area (Å²) in [6.07, 6.45) is 4.87. The standard InChI is InChI=1S/C14H23N3O/c1-2-3-4-5-10-16-14(15)17-11-12-6-8-13(18)9-7-12/h6-9,18H,2-5,10-11H2,1H3,(H3,15,16,17). The van der Waals surface area contributed by atoms with E-state index in [0.29, 0.717) is 12.5 Å². The van der Waals surface area contributed by atoms with Gasteiger partial charge in [0.1, 0.15) is 5.75 Å². The number of hydrogen-bond acceptors (Lipinski definition) is 2. The highest BCUT2D eigenvalue weighted by atomic mass is 16.3. The van der Waals surface area contributed by atoms with Gasteiger partial charge in [-0.25, -0.2) is 4.99 Å². The lowest BCUT2D eigenvalue weighted by Crippen LogP contribution is -2.32. The molecule has 4 heteroatoms. The Morgan fingerprint density at radius 2 is 1.94 bits per heavy atom. The van der Waals surface area contributed by atoms with Gasteiger partial charge in [-0.2, -0.15) is 0 Å². The van der Waals surface area contributed by atoms with Gasteiger partial charge < -0.3 is 16.2 Å². The number of rotatable bonds is 7. The third kappa shape index (κ3) is 6.13. The Hall–Kier alpha value is -1.71. The second kappa shape index (κ2) is 8.39. The van der Waals surface area contributed by atoms with Gasteiger partial charge in [-0.3, -0.25) is 0 Å². The van der Waals surface area contributed by atoms with E-state index >= 15 is 0 Å². The molecular formula is C14H23N3O. The number of hydrogen-bond donors (Lipinski definition) is 3. The summed E-state index contributed by atoms with van der Waals surface area (Å²) in [7, 11) is 0. The average Bonchev–Trinajstić information content (AvgIpc) is 2.38. The second-order valence-corrected chi connectivity index (χ2v) is 4.36. The number of unbranched alkanes of at least 4 members (excludes halogenated alkanes) is 3. The van der Waals surface area contributed by atoms with Crippen LogP contribution in [0.1, 0.15) is 38.2 Å². The number of nitrogens with one attached hydrogen (secondary N) is 1. The molecule has 0 saturated heterocycles. The Morgan fingerprint density at radius 1 is 1.22 bits per heavy atom. The van der Waals surface area contributed by atoms with E-state index in [1.54, 1.807) is 12.1 Å². The topological polar surface area (TPSA) is 70.6 Å². The van der Waals surface area contributed by atoms with Crippen molar-refractivity contribution in [2.24, 2.45) is 10.7 Å². The van der Waals surface area contributed by atoms with Crippen molar-refractivity contribution < 1.29 is 5.11 Å². The molecule has 4 N–H and O–H groups in total. The van der Waals surface area contributed by atoms with Crippen LogP contribution < -0.4 is 11.1 Å². The van der Waals surface area contributed by atoms with Gasteiger partial charge in [0.05, 0.1) is 6.54 Å². The van der Waals surface area contributed by atoms with Crippen molar-refractivity contribution in [1.82, 2.24) is 5.32 Å². The molecule has 0 aliphatic rings. The summed E-state index contributed by atoms with van der Waals surface area (Å²) in [5.74, 6) is 0.754. The molecule has 0 amide bonds. The molecule has 0 spiro atoms. The van der Waals surface area contributed by atoms with Crippen LogP contribution in [0.4, 0.5) is 0 Å². The first-order valence-electron chi connectivity index (χ1n) is 6.54. The Labute approximate surface area is 109 Å². The molecule has 1 aromatic carbocycles. The minimum Gasteiger partial charge on any atom is -0.508 e. The number of aliphatic imine (C=N–C) groups is 1. The van der Waals surface area contributed by atoms with Crippen LogP contribution >= 0.6 is 0 Å². The first-order chi connectivity index (χ1) is 8.72. The third-order valence-electron chi connectivity index (χ3n) is 2.70. The molecule has 0 bridgehead atoms. The lowest BCUT2D eigenvalue weighted by molar-refractivity contribution is 0.475. The smallest absolute Gasteiger partial charge is 0.188 e. The Morgan fingerprint density at radius 3 is 2.61 bits per heavy atom. The minimum atomic E-state index is 0.268. The highest BCUT2D eigenvalue weighted by Crippen LogP contribution is 2.10. The zero-order valence-corrected chi connectivity index (χ0v) is 11.0. The van der Waals surface area contributed by atoms with Crippen LogP contribution in [0.2, 0.25) is 0 Å². The van der Waals surface area contributed by atoms with Gasteiger partial charge in [-0.1, -0.05) is 38.3 Å². The maximum atomic E-state index is 9.15. The van der Waals surface area contributed by atoms with E-state index in [4.69, 9.17) is 10.8 Å². The summed E-state index contributed by atoms with van der Waals surface area (Å²) in [5, 5.41) is 12.2. The van der Waals surface area contributed by atoms with Crippen LogP contribution in [0.5, 0.6) is 5.75 Å². The summed E-state index contributed by atoms with van der Waals surface area (Å²) in [5.41, 5.74) is 6.79. The summed E-state index contributed by atoms with van der Waals surface area (Å²) < 4.78 is 0. The Balaban J connectivity index is 2.22. The molecule has 4 nitrogen and oxygen atoms in total. The molecule has 0 radical (unpaired) electrons. The van der Waals surface area contributed by atoms with Crippen LogP contribution in [-0.4, -0.2) is 17.6 Å². The van der Waals surface area contributed by atoms with Gasteiger partial charge in [0, 0.05) is 6.54 Å². The fourth-order valence-electron chi connectivity index (χ4n) is 1.60. The molecule has 18 heavy (non-hydrogen) atoms. The van der Waals surface area contributed by atoms with E-state index in [-0.39, 0.29) is 5.75 Å². The quantitative estimate of drug-likeness (QED) is 0.395. The molecule has 0 aliphatic carbocycles. The lowest BCUT2D eigenvalue weighted by Gasteiger charge is -2.05. The molecule has 0 saturated carbocycles. The number of nitrogens with zero attached hydrogens (tertiary/aromatic N) is 1. The van der Waals surface area contributed by atoms with Crippen molar-refractivity contribution in [1.29, 1.82) is 0 Å². The maximum Gasteiger partial charge on any atom is 0.188 e. The SMILES string of the molecule is CCCCCCNC(N)=NCc1ccc(O)cc1. The van der Waals surface area contributed by atoms with Crippen LogP contribution in [0.3, 0.4) is 0 Å². The van der Waals surface area contributed by atoms with E-state index in [1.165, 1.54) is 19.3 Å². The van der Waals surface area contributed by atoms with Crippen molar-refractivity contribution in [2.45, 2.75) is 39.2 Å². The fourth-order valence-corrected chi connectivity index (χ4v) is 1.60. The number of benzene rings is 1. The van der Waals surface area contributed by atoms with E-state index in [9.17, 15) is 0 Å². The zero-order chi connectivity index (χ0) is 13.2. The van der Waals surface area contributed by atoms with E-state index in [2.05, 4.69) is 17.2 Å². The largest absolute Gasteiger partial charge is 0.508 e. The molecule has 0 aliphatic heterocycles. The van der Waals surface area contributed by atoms with Crippen LogP contribution in [0.15, 0.2) is 29.3 Å². The number of phenols is 1. The molecule has 0 unspecified atom stereocenters. The molecule has 0 atom stereocenters. The first kappa shape index (κ1) is 14.4. The number of guanidine groups is 1. The third-order valence-corrected chi connectivity index (χ3v) is 2.70. The van der Waals surface area contributed by atoms with Crippen LogP contribution in [-0.2, 0) is 6.54 Å². The number of phenolic OH excluding ortho intramolecular Hbond substituents is 1. The molecule has 1 rings (SSSR count). The van der Waals surface area contributed by atoms with E-state index < -0.39 is 0 Å². The second-order valence-electron chi connectivity index (χ2n) is 4.36. The van der Waals surface area contributed by atoms with Gasteiger partial charge in [-0.05, 0) is 24.1 Å². The van der Waals surface area contributed by atoms with Gasteiger partial charge in [0.25, 0.3) is 0 Å². The fraction of sp³-hybridized carbons (Fsp3) is 0.500. The van der Waals surface area contributed by atoms with Gasteiger partial charge in [0.15, 0.2) is 5.96 Å². The van der Waals surface area contributed by atoms with Crippen molar-refractivity contribution >= 4 is 5.96 Å². The van der Waals surface area contributed by atoms with Gasteiger partial charge in [0.2, 0.25) is 0 Å². The minimum absolute atomic E-state index is 0.268. The summed E-state index contributed by atoms with van der Waals surface area (Å²) in [6, 6.07) is 6.99. The first-order valence-corrected chi connectivity index (χ1v) is 6.54. The van der Waals surface area contributed by atoms with Crippen LogP contribution in [0, 0.1) is 0 Å². The molecule has 0 heterocycles. The maximum absolute atomic E-state index is 9.15. The highest BCUT2D eigenvalue weighted by molar-refractivity contribution is 5.77. The van der Waals surface area contributed by atoms with Crippen LogP contribution in [0.25, 0.3) is 0 Å². The molecule has 0 fully saturated rings. The lowest BCUT2D eigenvalue weighted by atomic mass is 10.2. The molecule has 100 valence electrons. The normalized spacial score (nSPS) is 11.5. The molecule has 1 aromatic rings. The van der Waals surface area contributed by atoms with Crippen molar-refractivity contribution in [3.05, 3.63) is 29.8 Å². The number of nitrogens with two attached hydrogens (primary N) is 1. The monoisotopic (exact) mass is 249 g/mol. The van der Waals surface area contributed by atoms with E-state index in [0.717, 1.165) is 18.5 Å². The van der Waals surface area contributed by atoms with Crippen molar-refractivity contribution in [3.63, 3.8) is 0 Å². The summed E-state index contributed by atoms with van der Waals surface area (Å²) >= 11 is 0. The van der Waals surface area contributed by atoms with E-state index in [1.807, 2.05) is 12.1 Å². The zero-order valence-electron chi connectivity index (χ0n) is 11.0. The predicted octanol–water partition coefficient (Wildman–Crippen LogP) is 2.38. The summed E-state index contributed by atoms with van der Waals surface area (Å²) in [6.45, 7) is 3.61. The predicted molar refractivity (Wildman–Crippen MR) is 75.6 cm³/mol. The highest BCUT2D eigenvalue weighted by Gasteiger charge is 1.94. The van der Waals surface area contributed by atoms with Crippen molar-refractivity contribution in [3.8, 4) is 5.75 Å². The average molecular weight is 249 g/mol. The number of aromatic hydroxyl groups is 1. The summed E-state index contributed by atoms with van der Waals surface area (Å²) in [4.78, 5) is 4.24. The molecule has 0 aromatic heterocycles. The Bertz CT molecular complexity index is 360. The van der Waals surface area contributed by atoms with Gasteiger partial charge >= 0.3 is 0 Å². The Kier molecular flexibility index (Phi) is 6.69. The van der Waals surface area contributed by atoms with Crippen molar-refractivity contribution in [2.75, 3.05) is 6.54 Å².